The van der Waals surface area contributed by atoms with Gasteiger partial charge in [0.25, 0.3) is 0 Å². The Morgan fingerprint density at radius 1 is 1.65 bits per heavy atom. The number of methoxy groups -OCH3 is 1. The van der Waals surface area contributed by atoms with Gasteiger partial charge in [-0.2, -0.15) is 0 Å². The van der Waals surface area contributed by atoms with Crippen molar-refractivity contribution in [1.82, 2.24) is 5.32 Å². The number of likely N-dealkylation sites (N-methyl/N-ethyl adjacent to an activating group) is 2. The van der Waals surface area contributed by atoms with E-state index in [1.54, 1.807) is 12.1 Å². The molecule has 0 aliphatic rings. The Morgan fingerprint density at radius 3 is 3.00 bits per heavy atom. The minimum Gasteiger partial charge on any atom is -0.495 e. The molecular formula is C14H22N4O2. The van der Waals surface area contributed by atoms with Crippen LogP contribution in [0.15, 0.2) is 24.8 Å². The Hall–Kier alpha value is -2.21. The summed E-state index contributed by atoms with van der Waals surface area (Å²) in [5.74, 6) is 0.167. The van der Waals surface area contributed by atoms with Gasteiger partial charge >= 0.3 is 0 Å². The first-order chi connectivity index (χ1) is 10.4. The summed E-state index contributed by atoms with van der Waals surface area (Å²) in [5, 5.41) is 5.39. The predicted molar refractivity (Wildman–Crippen MR) is 83.4 cm³/mol. The molecule has 0 heterocycles. The van der Waals surface area contributed by atoms with Crippen molar-refractivity contribution in [3.8, 4) is 5.75 Å². The molecule has 110 valence electrons. The molecule has 0 unspecified atom stereocenters. The Balaban J connectivity index is 3.01. The number of nitrogens with two attached hydrogens (primary N) is 1. The molecule has 0 aliphatic carbocycles. The Kier molecular flexibility index (Phi) is 4.74. The number of benzene rings is 1. The van der Waals surface area contributed by atoms with Crippen molar-refractivity contribution in [2.24, 2.45) is 0 Å². The summed E-state index contributed by atoms with van der Waals surface area (Å²) in [6.07, 6.45) is 1.18. The van der Waals surface area contributed by atoms with E-state index in [0.717, 1.165) is 5.69 Å². The van der Waals surface area contributed by atoms with E-state index in [1.165, 1.54) is 13.2 Å². The lowest BCUT2D eigenvalue weighted by Gasteiger charge is -2.23. The second kappa shape index (κ2) is 7.40. The zero-order chi connectivity index (χ0) is 16.7. The number of hydrogen-bond acceptors (Lipinski definition) is 5. The molecule has 0 bridgehead atoms. The molecule has 0 atom stereocenters. The third-order valence-electron chi connectivity index (χ3n) is 2.79. The van der Waals surface area contributed by atoms with Crippen LogP contribution in [0.25, 0.3) is 0 Å². The van der Waals surface area contributed by atoms with Crippen molar-refractivity contribution >= 4 is 23.0 Å². The summed E-state index contributed by atoms with van der Waals surface area (Å²) in [6.45, 7) is 3.34. The van der Waals surface area contributed by atoms with Gasteiger partial charge in [0.2, 0.25) is 5.91 Å². The molecule has 20 heavy (non-hydrogen) atoms. The highest BCUT2D eigenvalue weighted by Crippen LogP contribution is 2.34. The lowest BCUT2D eigenvalue weighted by atomic mass is 10.2. The van der Waals surface area contributed by atoms with E-state index in [1.807, 2.05) is 11.9 Å². The standard InChI is InChI=1S/C14H22N4O2/c1-5-14(19)17-11-8-10(15)13(20-4)9-12(11)18(3)7-6-16-2/h5,8-9,16H,1,6-7,15H2,2-4H3,(H,17,19)/i2D2. The van der Waals surface area contributed by atoms with Crippen LogP contribution in [-0.2, 0) is 4.79 Å². The second-order valence-corrected chi connectivity index (χ2v) is 4.18. The van der Waals surface area contributed by atoms with E-state index in [2.05, 4.69) is 17.2 Å². The van der Waals surface area contributed by atoms with Gasteiger partial charge in [0, 0.05) is 28.9 Å². The van der Waals surface area contributed by atoms with Gasteiger partial charge in [-0.25, -0.2) is 0 Å². The normalized spacial score (nSPS) is 11.6. The second-order valence-electron chi connectivity index (χ2n) is 4.18. The zero-order valence-electron chi connectivity index (χ0n) is 13.8. The fraction of sp³-hybridized carbons (Fsp3) is 0.357. The van der Waals surface area contributed by atoms with Crippen LogP contribution in [0.4, 0.5) is 17.1 Å². The molecular weight excluding hydrogens is 256 g/mol. The number of rotatable bonds is 7. The number of nitrogen functional groups attached to an aromatic ring is 1. The number of nitrogens with zero attached hydrogens (tertiary/aromatic N) is 1. The van der Waals surface area contributed by atoms with Crippen molar-refractivity contribution < 1.29 is 12.3 Å². The maximum Gasteiger partial charge on any atom is 0.247 e. The lowest BCUT2D eigenvalue weighted by Crippen LogP contribution is -2.28. The van der Waals surface area contributed by atoms with E-state index in [-0.39, 0.29) is 5.91 Å². The average molecular weight is 280 g/mol. The molecule has 0 aliphatic heterocycles. The summed E-state index contributed by atoms with van der Waals surface area (Å²) in [6, 6.07) is 3.35. The molecule has 1 aromatic carbocycles. The largest absolute Gasteiger partial charge is 0.495 e. The van der Waals surface area contributed by atoms with Gasteiger partial charge in [-0.05, 0) is 19.1 Å². The van der Waals surface area contributed by atoms with Crippen molar-refractivity contribution in [1.29, 1.82) is 0 Å². The summed E-state index contributed by atoms with van der Waals surface area (Å²) < 4.78 is 19.4. The highest BCUT2D eigenvalue weighted by Gasteiger charge is 2.13. The van der Waals surface area contributed by atoms with Crippen molar-refractivity contribution in [2.45, 2.75) is 0 Å². The maximum absolute atomic E-state index is 11.5. The maximum atomic E-state index is 11.5. The van der Waals surface area contributed by atoms with Gasteiger partial charge < -0.3 is 26.0 Å². The van der Waals surface area contributed by atoms with E-state index in [0.29, 0.717) is 30.2 Å². The van der Waals surface area contributed by atoms with Crippen LogP contribution >= 0.6 is 0 Å². The smallest absolute Gasteiger partial charge is 0.247 e. The molecule has 0 fully saturated rings. The Labute approximate surface area is 122 Å². The quantitative estimate of drug-likeness (QED) is 0.514. The van der Waals surface area contributed by atoms with Crippen LogP contribution in [0, 0.1) is 0 Å². The number of anilines is 3. The Bertz CT molecular complexity index is 538. The first kappa shape index (κ1) is 12.8. The van der Waals surface area contributed by atoms with E-state index in [4.69, 9.17) is 13.2 Å². The molecule has 1 aromatic rings. The first-order valence-corrected chi connectivity index (χ1v) is 6.09. The topological polar surface area (TPSA) is 79.6 Å². The van der Waals surface area contributed by atoms with E-state index < -0.39 is 7.00 Å². The minimum absolute atomic E-state index is 0.338. The predicted octanol–water partition coefficient (Wildman–Crippen LogP) is 1.06. The van der Waals surface area contributed by atoms with Crippen LogP contribution in [-0.4, -0.2) is 40.2 Å². The summed E-state index contributed by atoms with van der Waals surface area (Å²) in [5.41, 5.74) is 7.54. The number of ether oxygens (including phenoxy) is 1. The van der Waals surface area contributed by atoms with Crippen molar-refractivity contribution in [3.63, 3.8) is 0 Å². The average Bonchev–Trinajstić information content (AvgIpc) is 2.46. The SMILES string of the molecule is [2H]C([2H])NCCN(C)c1cc(OC)c(N)cc1NC(=O)C=C. The van der Waals surface area contributed by atoms with Gasteiger partial charge in [-0.15, -0.1) is 0 Å². The first-order valence-electron chi connectivity index (χ1n) is 7.24. The zero-order valence-corrected chi connectivity index (χ0v) is 11.8. The molecule has 4 N–H and O–H groups in total. The van der Waals surface area contributed by atoms with E-state index >= 15 is 0 Å². The van der Waals surface area contributed by atoms with Crippen molar-refractivity contribution in [3.05, 3.63) is 24.8 Å². The van der Waals surface area contributed by atoms with Crippen LogP contribution in [0.2, 0.25) is 0 Å². The number of carbonyl (C=O) groups excluding carboxylic acids is 1. The van der Waals surface area contributed by atoms with Crippen LogP contribution < -0.4 is 26.0 Å². The molecule has 0 radical (unpaired) electrons. The van der Waals surface area contributed by atoms with Gasteiger partial charge in [0.15, 0.2) is 0 Å². The van der Waals surface area contributed by atoms with Crippen LogP contribution in [0.1, 0.15) is 2.74 Å². The monoisotopic (exact) mass is 280 g/mol. The third-order valence-corrected chi connectivity index (χ3v) is 2.79. The molecule has 0 spiro atoms. The highest BCUT2D eigenvalue weighted by atomic mass is 16.5. The minimum atomic E-state index is -1.07. The molecule has 1 rings (SSSR count). The fourth-order valence-electron chi connectivity index (χ4n) is 1.72. The number of hydrogen-bond donors (Lipinski definition) is 3. The number of amides is 1. The van der Waals surface area contributed by atoms with Gasteiger partial charge in [-0.3, -0.25) is 4.79 Å². The summed E-state index contributed by atoms with van der Waals surface area (Å²) in [4.78, 5) is 13.4. The fourth-order valence-corrected chi connectivity index (χ4v) is 1.72. The number of nitrogens with one attached hydrogen (secondary N) is 2. The van der Waals surface area contributed by atoms with Gasteiger partial charge in [-0.1, -0.05) is 6.58 Å². The van der Waals surface area contributed by atoms with E-state index in [9.17, 15) is 4.79 Å². The number of carbonyl (C=O) groups is 1. The molecule has 0 saturated heterocycles. The summed E-state index contributed by atoms with van der Waals surface area (Å²) >= 11 is 0. The lowest BCUT2D eigenvalue weighted by molar-refractivity contribution is -0.111. The molecule has 0 aromatic heterocycles. The van der Waals surface area contributed by atoms with Crippen molar-refractivity contribution in [2.75, 3.05) is 50.2 Å². The van der Waals surface area contributed by atoms with Crippen LogP contribution in [0.5, 0.6) is 5.75 Å². The van der Waals surface area contributed by atoms with Crippen LogP contribution in [0.3, 0.4) is 0 Å². The molecule has 6 nitrogen and oxygen atoms in total. The Morgan fingerprint density at radius 2 is 2.40 bits per heavy atom. The summed E-state index contributed by atoms with van der Waals surface area (Å²) in [7, 11) is 3.35. The highest BCUT2D eigenvalue weighted by molar-refractivity contribution is 6.02. The molecule has 6 heteroatoms. The third kappa shape index (κ3) is 3.89. The van der Waals surface area contributed by atoms with Gasteiger partial charge in [0.05, 0.1) is 24.2 Å². The molecule has 1 amide bonds. The van der Waals surface area contributed by atoms with Gasteiger partial charge in [0.1, 0.15) is 5.75 Å². The molecule has 0 saturated carbocycles.